The predicted molar refractivity (Wildman–Crippen MR) is 71.6 cm³/mol. The fourth-order valence-electron chi connectivity index (χ4n) is 1.95. The van der Waals surface area contributed by atoms with Crippen LogP contribution in [0.5, 0.6) is 0 Å². The van der Waals surface area contributed by atoms with Gasteiger partial charge >= 0.3 is 5.97 Å². The van der Waals surface area contributed by atoms with E-state index in [9.17, 15) is 9.90 Å². The maximum absolute atomic E-state index is 11.5. The van der Waals surface area contributed by atoms with E-state index in [0.717, 1.165) is 0 Å². The molecule has 2 aromatic heterocycles. The number of pyridine rings is 1. The highest BCUT2D eigenvalue weighted by Crippen LogP contribution is 2.32. The van der Waals surface area contributed by atoms with Crippen LogP contribution < -0.4 is 0 Å². The first-order chi connectivity index (χ1) is 8.71. The molecule has 5 heteroatoms. The molecule has 19 heavy (non-hydrogen) atoms. The van der Waals surface area contributed by atoms with Gasteiger partial charge in [0, 0.05) is 11.1 Å². The number of carbonyl (C=O) groups is 1. The molecule has 0 atom stereocenters. The Labute approximate surface area is 111 Å². The van der Waals surface area contributed by atoms with Gasteiger partial charge in [-0.25, -0.2) is 9.78 Å². The third-order valence-corrected chi connectivity index (χ3v) is 3.00. The average molecular weight is 262 g/mol. The zero-order chi connectivity index (χ0) is 14.4. The first-order valence-electron chi connectivity index (χ1n) is 6.26. The second-order valence-corrected chi connectivity index (χ2v) is 6.02. The van der Waals surface area contributed by atoms with Crippen molar-refractivity contribution in [2.75, 3.05) is 0 Å². The van der Waals surface area contributed by atoms with E-state index >= 15 is 0 Å². The second-order valence-electron chi connectivity index (χ2n) is 6.02. The lowest BCUT2D eigenvalue weighted by Crippen LogP contribution is -2.13. The van der Waals surface area contributed by atoms with E-state index in [0.29, 0.717) is 22.5 Å². The molecule has 0 aliphatic carbocycles. The van der Waals surface area contributed by atoms with Crippen molar-refractivity contribution >= 4 is 17.1 Å². The molecule has 0 fully saturated rings. The predicted octanol–water partition coefficient (Wildman–Crippen LogP) is 3.34. The molecule has 0 aliphatic heterocycles. The molecule has 2 rings (SSSR count). The molecule has 2 aromatic rings. The topological polar surface area (TPSA) is 76.2 Å². The van der Waals surface area contributed by atoms with Crippen LogP contribution in [0.1, 0.15) is 62.3 Å². The van der Waals surface area contributed by atoms with Crippen molar-refractivity contribution < 1.29 is 14.4 Å². The summed E-state index contributed by atoms with van der Waals surface area (Å²) in [6.07, 6.45) is 0. The van der Waals surface area contributed by atoms with Gasteiger partial charge in [0.2, 0.25) is 0 Å². The Morgan fingerprint density at radius 3 is 2.47 bits per heavy atom. The largest absolute Gasteiger partial charge is 0.478 e. The molecule has 0 amide bonds. The van der Waals surface area contributed by atoms with Gasteiger partial charge in [-0.15, -0.1) is 0 Å². The van der Waals surface area contributed by atoms with Crippen LogP contribution in [0.15, 0.2) is 10.6 Å². The molecule has 0 saturated carbocycles. The van der Waals surface area contributed by atoms with Crippen LogP contribution in [0, 0.1) is 0 Å². The monoisotopic (exact) mass is 262 g/mol. The van der Waals surface area contributed by atoms with Gasteiger partial charge in [-0.05, 0) is 12.0 Å². The van der Waals surface area contributed by atoms with Crippen LogP contribution in [0.25, 0.3) is 11.1 Å². The van der Waals surface area contributed by atoms with Crippen LogP contribution >= 0.6 is 0 Å². The zero-order valence-corrected chi connectivity index (χ0v) is 11.8. The third-order valence-electron chi connectivity index (χ3n) is 3.00. The van der Waals surface area contributed by atoms with Gasteiger partial charge in [-0.2, -0.15) is 0 Å². The van der Waals surface area contributed by atoms with Crippen molar-refractivity contribution in [1.82, 2.24) is 10.1 Å². The van der Waals surface area contributed by atoms with E-state index in [2.05, 4.69) is 10.1 Å². The third kappa shape index (κ3) is 2.32. The summed E-state index contributed by atoms with van der Waals surface area (Å²) in [7, 11) is 0. The highest BCUT2D eigenvalue weighted by molar-refractivity contribution is 6.02. The van der Waals surface area contributed by atoms with Crippen molar-refractivity contribution in [2.45, 2.75) is 46.0 Å². The summed E-state index contributed by atoms with van der Waals surface area (Å²) in [6, 6.07) is 1.61. The van der Waals surface area contributed by atoms with Crippen molar-refractivity contribution in [1.29, 1.82) is 0 Å². The van der Waals surface area contributed by atoms with E-state index in [1.165, 1.54) is 0 Å². The maximum atomic E-state index is 11.5. The summed E-state index contributed by atoms with van der Waals surface area (Å²) in [5.74, 6) is -0.853. The first kappa shape index (κ1) is 13.5. The van der Waals surface area contributed by atoms with Crippen molar-refractivity contribution in [3.8, 4) is 0 Å². The molecule has 0 bridgehead atoms. The van der Waals surface area contributed by atoms with Gasteiger partial charge in [0.25, 0.3) is 5.71 Å². The Balaban J connectivity index is 2.83. The Bertz CT molecular complexity index is 636. The number of carboxylic acid groups (broad SMARTS) is 1. The summed E-state index contributed by atoms with van der Waals surface area (Å²) in [5, 5.41) is 13.9. The van der Waals surface area contributed by atoms with E-state index in [-0.39, 0.29) is 16.9 Å². The number of hydrogen-bond donors (Lipinski definition) is 1. The van der Waals surface area contributed by atoms with Gasteiger partial charge in [0.15, 0.2) is 0 Å². The molecule has 5 nitrogen and oxygen atoms in total. The zero-order valence-electron chi connectivity index (χ0n) is 11.8. The van der Waals surface area contributed by atoms with E-state index in [1.54, 1.807) is 6.07 Å². The molecule has 0 spiro atoms. The fraction of sp³-hybridized carbons (Fsp3) is 0.500. The highest BCUT2D eigenvalue weighted by Gasteiger charge is 2.27. The SMILES string of the molecule is CC(C)c1cc(C(=O)O)c2c(C(C)(C)C)noc2n1. The summed E-state index contributed by atoms with van der Waals surface area (Å²) in [6.45, 7) is 9.81. The molecular formula is C14H18N2O3. The molecule has 0 aromatic carbocycles. The van der Waals surface area contributed by atoms with Crippen LogP contribution in [0.4, 0.5) is 0 Å². The van der Waals surface area contributed by atoms with Crippen LogP contribution in [0.3, 0.4) is 0 Å². The summed E-state index contributed by atoms with van der Waals surface area (Å²) in [5.41, 5.74) is 1.54. The van der Waals surface area contributed by atoms with Crippen LogP contribution in [-0.4, -0.2) is 21.2 Å². The summed E-state index contributed by atoms with van der Waals surface area (Å²) < 4.78 is 5.23. The molecule has 102 valence electrons. The van der Waals surface area contributed by atoms with Gasteiger partial charge in [0.05, 0.1) is 16.6 Å². The minimum atomic E-state index is -0.983. The summed E-state index contributed by atoms with van der Waals surface area (Å²) >= 11 is 0. The smallest absolute Gasteiger partial charge is 0.336 e. The standard InChI is InChI=1S/C14H18N2O3/c1-7(2)9-6-8(13(17)18)10-11(14(3,4)5)16-19-12(10)15-9/h6-7H,1-5H3,(H,17,18). The summed E-state index contributed by atoms with van der Waals surface area (Å²) in [4.78, 5) is 15.8. The molecule has 1 N–H and O–H groups in total. The average Bonchev–Trinajstić information content (AvgIpc) is 2.70. The quantitative estimate of drug-likeness (QED) is 0.898. The number of carboxylic acids is 1. The van der Waals surface area contributed by atoms with Crippen LogP contribution in [0.2, 0.25) is 0 Å². The normalized spacial score (nSPS) is 12.3. The Morgan fingerprint density at radius 1 is 1.37 bits per heavy atom. The molecular weight excluding hydrogens is 244 g/mol. The van der Waals surface area contributed by atoms with Gasteiger partial charge in [-0.1, -0.05) is 39.8 Å². The lowest BCUT2D eigenvalue weighted by molar-refractivity contribution is 0.0698. The molecule has 2 heterocycles. The number of aromatic nitrogens is 2. The second kappa shape index (κ2) is 4.33. The number of aromatic carboxylic acids is 1. The van der Waals surface area contributed by atoms with Crippen molar-refractivity contribution in [3.63, 3.8) is 0 Å². The Hall–Kier alpha value is -1.91. The van der Waals surface area contributed by atoms with Gasteiger partial charge in [0.1, 0.15) is 0 Å². The van der Waals surface area contributed by atoms with Crippen molar-refractivity contribution in [3.05, 3.63) is 23.0 Å². The van der Waals surface area contributed by atoms with E-state index in [1.807, 2.05) is 34.6 Å². The Morgan fingerprint density at radius 2 is 2.00 bits per heavy atom. The minimum Gasteiger partial charge on any atom is -0.478 e. The molecule has 0 aliphatic rings. The number of fused-ring (bicyclic) bond motifs is 1. The highest BCUT2D eigenvalue weighted by atomic mass is 16.5. The molecule has 0 unspecified atom stereocenters. The molecule has 0 radical (unpaired) electrons. The number of nitrogens with zero attached hydrogens (tertiary/aromatic N) is 2. The van der Waals surface area contributed by atoms with Gasteiger partial charge in [-0.3, -0.25) is 0 Å². The number of rotatable bonds is 2. The molecule has 0 saturated heterocycles. The first-order valence-corrected chi connectivity index (χ1v) is 6.26. The van der Waals surface area contributed by atoms with Crippen molar-refractivity contribution in [2.24, 2.45) is 0 Å². The number of hydrogen-bond acceptors (Lipinski definition) is 4. The Kier molecular flexibility index (Phi) is 3.08. The lowest BCUT2D eigenvalue weighted by atomic mass is 9.89. The van der Waals surface area contributed by atoms with Gasteiger partial charge < -0.3 is 9.63 Å². The van der Waals surface area contributed by atoms with E-state index < -0.39 is 5.97 Å². The maximum Gasteiger partial charge on any atom is 0.336 e. The lowest BCUT2D eigenvalue weighted by Gasteiger charge is -2.15. The van der Waals surface area contributed by atoms with Crippen LogP contribution in [-0.2, 0) is 5.41 Å². The fourth-order valence-corrected chi connectivity index (χ4v) is 1.95. The minimum absolute atomic E-state index is 0.130. The van der Waals surface area contributed by atoms with E-state index in [4.69, 9.17) is 4.52 Å².